The Bertz CT molecular complexity index is 782. The van der Waals surface area contributed by atoms with E-state index >= 15 is 0 Å². The van der Waals surface area contributed by atoms with Gasteiger partial charge in [0.2, 0.25) is 11.8 Å². The summed E-state index contributed by atoms with van der Waals surface area (Å²) in [5.41, 5.74) is 2.02. The average molecular weight is 411 g/mol. The van der Waals surface area contributed by atoms with Crippen molar-refractivity contribution >= 4 is 17.5 Å². The summed E-state index contributed by atoms with van der Waals surface area (Å²) in [7, 11) is 0. The lowest BCUT2D eigenvalue weighted by Gasteiger charge is -2.35. The van der Waals surface area contributed by atoms with Crippen LogP contribution in [-0.4, -0.2) is 35.9 Å². The predicted octanol–water partition coefficient (Wildman–Crippen LogP) is 4.68. The van der Waals surface area contributed by atoms with Gasteiger partial charge in [0.05, 0.1) is 12.2 Å². The number of hydrogen-bond acceptors (Lipinski definition) is 3. The van der Waals surface area contributed by atoms with Gasteiger partial charge in [0, 0.05) is 36.5 Å². The van der Waals surface area contributed by atoms with E-state index in [2.05, 4.69) is 22.3 Å². The first-order valence-electron chi connectivity index (χ1n) is 12.0. The van der Waals surface area contributed by atoms with Crippen molar-refractivity contribution in [3.63, 3.8) is 0 Å². The number of nitrogens with zero attached hydrogens (tertiary/aromatic N) is 1. The van der Waals surface area contributed by atoms with Gasteiger partial charge in [-0.25, -0.2) is 0 Å². The van der Waals surface area contributed by atoms with Gasteiger partial charge < -0.3 is 15.0 Å². The highest BCUT2D eigenvalue weighted by Crippen LogP contribution is 2.42. The largest absolute Gasteiger partial charge is 0.370 e. The van der Waals surface area contributed by atoms with E-state index in [9.17, 15) is 9.59 Å². The van der Waals surface area contributed by atoms with Crippen LogP contribution in [0.15, 0.2) is 24.3 Å². The molecular weight excluding hydrogens is 376 g/mol. The van der Waals surface area contributed by atoms with Gasteiger partial charge in [0.15, 0.2) is 0 Å². The van der Waals surface area contributed by atoms with Crippen molar-refractivity contribution in [1.29, 1.82) is 0 Å². The number of anilines is 1. The lowest BCUT2D eigenvalue weighted by Crippen LogP contribution is -2.46. The Kier molecular flexibility index (Phi) is 5.81. The minimum Gasteiger partial charge on any atom is -0.370 e. The van der Waals surface area contributed by atoms with Crippen molar-refractivity contribution in [2.75, 3.05) is 18.4 Å². The van der Waals surface area contributed by atoms with Crippen LogP contribution in [0.3, 0.4) is 0 Å². The van der Waals surface area contributed by atoms with Crippen LogP contribution in [0.4, 0.5) is 5.69 Å². The number of carbonyl (C=O) groups excluding carboxylic acids is 2. The zero-order chi connectivity index (χ0) is 20.5. The molecule has 0 bridgehead atoms. The fourth-order valence-electron chi connectivity index (χ4n) is 6.05. The van der Waals surface area contributed by atoms with E-state index in [1.165, 1.54) is 12.8 Å². The van der Waals surface area contributed by atoms with Crippen molar-refractivity contribution in [3.8, 4) is 0 Å². The summed E-state index contributed by atoms with van der Waals surface area (Å²) in [4.78, 5) is 27.4. The first-order chi connectivity index (χ1) is 14.7. The number of rotatable bonds is 4. The van der Waals surface area contributed by atoms with E-state index in [1.807, 2.05) is 12.1 Å². The molecule has 1 N–H and O–H groups in total. The molecule has 0 radical (unpaired) electrons. The number of carbonyl (C=O) groups is 2. The summed E-state index contributed by atoms with van der Waals surface area (Å²) in [5.74, 6) is 1.39. The van der Waals surface area contributed by atoms with Crippen molar-refractivity contribution in [2.24, 2.45) is 17.8 Å². The maximum absolute atomic E-state index is 12.8. The zero-order valence-electron chi connectivity index (χ0n) is 17.9. The molecule has 0 spiro atoms. The summed E-state index contributed by atoms with van der Waals surface area (Å²) in [6, 6.07) is 8.17. The predicted molar refractivity (Wildman–Crippen MR) is 116 cm³/mol. The Morgan fingerprint density at radius 3 is 2.47 bits per heavy atom. The Hall–Kier alpha value is -1.88. The van der Waals surface area contributed by atoms with E-state index in [0.29, 0.717) is 11.8 Å². The molecule has 2 aliphatic heterocycles. The van der Waals surface area contributed by atoms with Gasteiger partial charge in [-0.2, -0.15) is 0 Å². The van der Waals surface area contributed by atoms with Crippen molar-refractivity contribution in [1.82, 2.24) is 4.90 Å². The van der Waals surface area contributed by atoms with E-state index < -0.39 is 0 Å². The van der Waals surface area contributed by atoms with Crippen LogP contribution in [0.25, 0.3) is 0 Å². The summed E-state index contributed by atoms with van der Waals surface area (Å²) >= 11 is 0. The molecule has 2 aliphatic carbocycles. The van der Waals surface area contributed by atoms with Crippen LogP contribution in [0.5, 0.6) is 0 Å². The summed E-state index contributed by atoms with van der Waals surface area (Å²) in [5, 5.41) is 3.12. The zero-order valence-corrected chi connectivity index (χ0v) is 17.9. The van der Waals surface area contributed by atoms with Crippen molar-refractivity contribution < 1.29 is 14.3 Å². The van der Waals surface area contributed by atoms with Crippen LogP contribution in [0.1, 0.15) is 75.9 Å². The molecule has 1 aromatic rings. The third-order valence-corrected chi connectivity index (χ3v) is 7.79. The molecular formula is C25H34N2O3. The molecule has 1 aromatic carbocycles. The summed E-state index contributed by atoms with van der Waals surface area (Å²) < 4.78 is 6.41. The Balaban J connectivity index is 1.20. The quantitative estimate of drug-likeness (QED) is 0.784. The smallest absolute Gasteiger partial charge is 0.227 e. The molecule has 3 atom stereocenters. The second kappa shape index (κ2) is 8.70. The molecule has 2 saturated heterocycles. The van der Waals surface area contributed by atoms with Gasteiger partial charge in [-0.05, 0) is 56.2 Å². The molecule has 4 fully saturated rings. The highest BCUT2D eigenvalue weighted by molar-refractivity contribution is 5.92. The molecule has 2 amide bonds. The number of amides is 2. The van der Waals surface area contributed by atoms with Crippen LogP contribution in [0, 0.1) is 17.8 Å². The first-order valence-corrected chi connectivity index (χ1v) is 12.0. The lowest BCUT2D eigenvalue weighted by molar-refractivity contribution is -0.138. The maximum Gasteiger partial charge on any atom is 0.227 e. The van der Waals surface area contributed by atoms with Gasteiger partial charge >= 0.3 is 0 Å². The molecule has 4 aliphatic rings. The van der Waals surface area contributed by atoms with Gasteiger partial charge in [-0.15, -0.1) is 0 Å². The SMILES string of the molecule is O=C(Nc1cccc([C@H]2C[C@@H]3CN(C(=O)C4CCCC4)CC[C@@H]3O2)c1)C1CCCC1. The van der Waals surface area contributed by atoms with Crippen molar-refractivity contribution in [3.05, 3.63) is 29.8 Å². The van der Waals surface area contributed by atoms with Crippen LogP contribution in [-0.2, 0) is 14.3 Å². The minimum absolute atomic E-state index is 0.0601. The minimum atomic E-state index is 0.0601. The molecule has 30 heavy (non-hydrogen) atoms. The van der Waals surface area contributed by atoms with Gasteiger partial charge in [-0.3, -0.25) is 9.59 Å². The molecule has 162 valence electrons. The number of hydrogen-bond donors (Lipinski definition) is 1. The topological polar surface area (TPSA) is 58.6 Å². The highest BCUT2D eigenvalue weighted by atomic mass is 16.5. The van der Waals surface area contributed by atoms with Crippen molar-refractivity contribution in [2.45, 2.75) is 76.4 Å². The molecule has 5 rings (SSSR count). The van der Waals surface area contributed by atoms with Crippen LogP contribution >= 0.6 is 0 Å². The lowest BCUT2D eigenvalue weighted by atomic mass is 9.90. The Labute approximate surface area is 179 Å². The fourth-order valence-corrected chi connectivity index (χ4v) is 6.05. The Morgan fingerprint density at radius 1 is 0.967 bits per heavy atom. The maximum atomic E-state index is 12.8. The number of likely N-dealkylation sites (tertiary alicyclic amines) is 1. The summed E-state index contributed by atoms with van der Waals surface area (Å²) in [6.45, 7) is 1.68. The number of benzene rings is 1. The van der Waals surface area contributed by atoms with E-state index in [-0.39, 0.29) is 30.0 Å². The van der Waals surface area contributed by atoms with E-state index in [1.54, 1.807) is 0 Å². The van der Waals surface area contributed by atoms with Gasteiger partial charge in [-0.1, -0.05) is 37.8 Å². The van der Waals surface area contributed by atoms with Crippen LogP contribution < -0.4 is 5.32 Å². The molecule has 0 unspecified atom stereocenters. The second-order valence-corrected chi connectivity index (χ2v) is 9.81. The number of fused-ring (bicyclic) bond motifs is 1. The fraction of sp³-hybridized carbons (Fsp3) is 0.680. The normalized spacial score (nSPS) is 29.9. The standard InChI is InChI=1S/C25H34N2O3/c28-24(17-6-1-2-7-17)26-21-11-5-10-19(14-21)23-15-20-16-27(13-12-22(20)30-23)25(29)18-8-3-4-9-18/h5,10-11,14,17-18,20,22-23H,1-4,6-9,12-13,15-16H2,(H,26,28)/t20-,22+,23-/m1/s1. The number of piperidine rings is 1. The third-order valence-electron chi connectivity index (χ3n) is 7.79. The first kappa shape index (κ1) is 20.0. The molecule has 5 nitrogen and oxygen atoms in total. The van der Waals surface area contributed by atoms with Crippen LogP contribution in [0.2, 0.25) is 0 Å². The summed E-state index contributed by atoms with van der Waals surface area (Å²) in [6.07, 6.45) is 11.1. The van der Waals surface area contributed by atoms with E-state index in [4.69, 9.17) is 4.74 Å². The molecule has 2 saturated carbocycles. The van der Waals surface area contributed by atoms with Gasteiger partial charge in [0.1, 0.15) is 0 Å². The average Bonchev–Trinajstić information content (AvgIpc) is 3.54. The monoisotopic (exact) mass is 410 g/mol. The molecule has 2 heterocycles. The second-order valence-electron chi connectivity index (χ2n) is 9.81. The molecule has 5 heteroatoms. The number of ether oxygens (including phenoxy) is 1. The molecule has 0 aromatic heterocycles. The number of nitrogens with one attached hydrogen (secondary N) is 1. The van der Waals surface area contributed by atoms with E-state index in [0.717, 1.165) is 75.7 Å². The Morgan fingerprint density at radius 2 is 1.70 bits per heavy atom. The van der Waals surface area contributed by atoms with Gasteiger partial charge in [0.25, 0.3) is 0 Å². The highest BCUT2D eigenvalue weighted by Gasteiger charge is 2.41. The third kappa shape index (κ3) is 4.14.